The van der Waals surface area contributed by atoms with Gasteiger partial charge in [0.25, 0.3) is 15.6 Å². The van der Waals surface area contributed by atoms with E-state index >= 15 is 0 Å². The van der Waals surface area contributed by atoms with Gasteiger partial charge in [-0.05, 0) is 74.0 Å². The van der Waals surface area contributed by atoms with E-state index in [9.17, 15) is 54.9 Å². The number of hydrogen-bond donors (Lipinski definition) is 6. The summed E-state index contributed by atoms with van der Waals surface area (Å²) >= 11 is 0.723. The number of aryl methyl sites for hydroxylation is 2. The molecule has 0 saturated heterocycles. The zero-order valence-corrected chi connectivity index (χ0v) is 41.1. The monoisotopic (exact) mass is 1060 g/mol. The number of aliphatic carboxylic acids is 1. The number of ether oxygens (including phenoxy) is 4. The molecule has 5 aromatic rings. The molecule has 0 spiro atoms. The molecule has 0 saturated carbocycles. The van der Waals surface area contributed by atoms with Crippen molar-refractivity contribution in [1.82, 2.24) is 28.8 Å². The van der Waals surface area contributed by atoms with Crippen LogP contribution in [0.1, 0.15) is 52.6 Å². The first-order chi connectivity index (χ1) is 33.0. The van der Waals surface area contributed by atoms with Gasteiger partial charge in [0, 0.05) is 31.5 Å². The zero-order chi connectivity index (χ0) is 53.6. The van der Waals surface area contributed by atoms with Gasteiger partial charge in [-0.3, -0.25) is 24.0 Å². The Kier molecular flexibility index (Phi) is 20.5. The number of methoxy groups -OCH3 is 2. The second kappa shape index (κ2) is 25.1. The number of aromatic nitrogens is 5. The Hall–Kier alpha value is -7.20. The van der Waals surface area contributed by atoms with Gasteiger partial charge >= 0.3 is 41.8 Å². The minimum absolute atomic E-state index is 0.0412. The van der Waals surface area contributed by atoms with Gasteiger partial charge < -0.3 is 39.8 Å². The molecule has 30 heteroatoms. The number of esters is 1. The number of carboxylic acid groups (broad SMARTS) is 2. The highest BCUT2D eigenvalue weighted by Crippen LogP contribution is 2.36. The highest BCUT2D eigenvalue weighted by atomic mass is 32.2. The Morgan fingerprint density at radius 3 is 2.20 bits per heavy atom. The molecule has 3 unspecified atom stereocenters. The predicted molar refractivity (Wildman–Crippen MR) is 247 cm³/mol. The summed E-state index contributed by atoms with van der Waals surface area (Å²) in [6.07, 6.45) is -4.91. The van der Waals surface area contributed by atoms with Crippen LogP contribution in [0.2, 0.25) is 0 Å². The predicted octanol–water partition coefficient (Wildman–Crippen LogP) is 3.78. The van der Waals surface area contributed by atoms with Gasteiger partial charge in [0.2, 0.25) is 5.95 Å². The molecule has 24 nitrogen and oxygen atoms in total. The van der Waals surface area contributed by atoms with Crippen LogP contribution in [0.5, 0.6) is 17.5 Å². The van der Waals surface area contributed by atoms with Gasteiger partial charge in [0.1, 0.15) is 45.4 Å². The molecule has 7 N–H and O–H groups in total. The van der Waals surface area contributed by atoms with Crippen LogP contribution >= 0.6 is 18.7 Å². The van der Waals surface area contributed by atoms with Crippen molar-refractivity contribution in [2.24, 2.45) is 12.8 Å². The minimum Gasteiger partial charge on any atom is -0.489 e. The Labute approximate surface area is 405 Å². The topological polar surface area (TPSA) is 350 Å². The fourth-order valence-corrected chi connectivity index (χ4v) is 8.44. The molecule has 0 radical (unpaired) electrons. The number of thiophene rings is 1. The number of carbonyl (C=O) groups is 4. The first kappa shape index (κ1) is 58.1. The number of halogens is 3. The van der Waals surface area contributed by atoms with Gasteiger partial charge in [0.05, 0.1) is 19.9 Å². The third kappa shape index (κ3) is 17.3. The highest BCUT2D eigenvalue weighted by molar-refractivity contribution is 7.90. The van der Waals surface area contributed by atoms with Crippen LogP contribution < -0.4 is 41.2 Å². The van der Waals surface area contributed by atoms with E-state index in [2.05, 4.69) is 20.3 Å². The number of alkyl halides is 3. The van der Waals surface area contributed by atoms with Crippen LogP contribution in [0.25, 0.3) is 5.69 Å². The first-order valence-corrected chi connectivity index (χ1v) is 24.9. The molecule has 2 amide bonds. The van der Waals surface area contributed by atoms with Crippen molar-refractivity contribution in [3.8, 4) is 23.2 Å². The van der Waals surface area contributed by atoms with Crippen LogP contribution in [0, 0.1) is 6.92 Å². The van der Waals surface area contributed by atoms with Gasteiger partial charge in [-0.1, -0.05) is 19.1 Å². The number of carboxylic acids is 2. The Balaban J connectivity index is 0.000000326. The molecule has 0 aliphatic heterocycles. The van der Waals surface area contributed by atoms with Gasteiger partial charge in [-0.2, -0.15) is 28.1 Å². The van der Waals surface area contributed by atoms with Crippen molar-refractivity contribution in [1.29, 1.82) is 0 Å². The molecule has 0 fully saturated rings. The Bertz CT molecular complexity index is 3000. The summed E-state index contributed by atoms with van der Waals surface area (Å²) < 4.78 is 97.8. The first-order valence-electron chi connectivity index (χ1n) is 20.2. The fraction of sp³-hybridized carbons (Fsp3) is 0.341. The number of aromatic carboxylic acids is 1. The second-order valence-corrected chi connectivity index (χ2v) is 19.7. The number of rotatable bonds is 17. The van der Waals surface area contributed by atoms with Crippen LogP contribution in [0.3, 0.4) is 0 Å². The van der Waals surface area contributed by atoms with Crippen molar-refractivity contribution in [2.75, 3.05) is 32.4 Å². The van der Waals surface area contributed by atoms with Crippen LogP contribution in [0.15, 0.2) is 74.5 Å². The third-order valence-electron chi connectivity index (χ3n) is 9.12. The summed E-state index contributed by atoms with van der Waals surface area (Å²) in [5.74, 6) is -2.22. The number of nitrogens with two attached hydrogens (primary N) is 1. The smallest absolute Gasteiger partial charge is 0.431 e. The maximum Gasteiger partial charge on any atom is 0.431 e. The minimum atomic E-state index is -4.84. The Morgan fingerprint density at radius 2 is 1.65 bits per heavy atom. The number of benzene rings is 2. The van der Waals surface area contributed by atoms with E-state index in [1.807, 2.05) is 25.1 Å². The van der Waals surface area contributed by atoms with E-state index in [1.165, 1.54) is 57.5 Å². The Morgan fingerprint density at radius 1 is 1.00 bits per heavy atom. The van der Waals surface area contributed by atoms with Crippen molar-refractivity contribution < 1.29 is 79.4 Å². The van der Waals surface area contributed by atoms with Crippen molar-refractivity contribution >= 4 is 58.6 Å². The number of hydrogen-bond acceptors (Lipinski definition) is 18. The van der Waals surface area contributed by atoms with E-state index in [0.29, 0.717) is 32.3 Å². The number of urea groups is 1. The molecule has 386 valence electrons. The molecule has 71 heavy (non-hydrogen) atoms. The lowest BCUT2D eigenvalue weighted by Crippen LogP contribution is -2.40. The van der Waals surface area contributed by atoms with E-state index in [4.69, 9.17) is 39.8 Å². The lowest BCUT2D eigenvalue weighted by molar-refractivity contribution is -0.148. The summed E-state index contributed by atoms with van der Waals surface area (Å²) in [6.45, 7) is 6.34. The maximum absolute atomic E-state index is 13.1. The fourth-order valence-electron chi connectivity index (χ4n) is 5.52. The van der Waals surface area contributed by atoms with Crippen LogP contribution in [-0.4, -0.2) is 111 Å². The maximum atomic E-state index is 13.1. The van der Waals surface area contributed by atoms with Crippen molar-refractivity contribution in [3.63, 3.8) is 0 Å². The van der Waals surface area contributed by atoms with Gasteiger partial charge in [-0.25, -0.2) is 36.9 Å². The van der Waals surface area contributed by atoms with E-state index in [1.54, 1.807) is 11.6 Å². The number of sulfonamides is 1. The summed E-state index contributed by atoms with van der Waals surface area (Å²) in [6, 6.07) is 10.5. The van der Waals surface area contributed by atoms with Crippen molar-refractivity contribution in [3.05, 3.63) is 108 Å². The lowest BCUT2D eigenvalue weighted by atomic mass is 10.1. The van der Waals surface area contributed by atoms with Gasteiger partial charge in [0.15, 0.2) is 13.5 Å². The lowest BCUT2D eigenvalue weighted by Gasteiger charge is -2.17. The zero-order valence-electron chi connectivity index (χ0n) is 38.6. The molecule has 0 bridgehead atoms. The van der Waals surface area contributed by atoms with Crippen molar-refractivity contribution in [2.45, 2.75) is 63.4 Å². The van der Waals surface area contributed by atoms with Gasteiger partial charge in [-0.15, -0.1) is 11.3 Å². The average Bonchev–Trinajstić information content (AvgIpc) is 3.81. The van der Waals surface area contributed by atoms with E-state index in [0.717, 1.165) is 36.4 Å². The SMILES string of the molecule is CCc1ccc(COc2ccc(-n3c(=O)cc(C(F)(F)F)n(C)c3=O)cc2)c(OC(C)C(=O)OC)c1.COc1nc(C)nc(NC(=O)NS(=O)(=O)c2ccsc2C(=O)O)n1.CP(=O)(O)CCC(N)C(=O)O. The molecule has 2 aromatic carbocycles. The molecule has 0 aliphatic carbocycles. The van der Waals surface area contributed by atoms with E-state index < -0.39 is 86.4 Å². The number of nitrogens with one attached hydrogen (secondary N) is 2. The number of nitrogens with zero attached hydrogens (tertiary/aromatic N) is 5. The largest absolute Gasteiger partial charge is 0.489 e. The third-order valence-corrected chi connectivity index (χ3v) is 12.6. The second-order valence-electron chi connectivity index (χ2n) is 14.6. The van der Waals surface area contributed by atoms with Crippen LogP contribution in [0.4, 0.5) is 23.9 Å². The number of carbonyl (C=O) groups excluding carboxylic acids is 2. The van der Waals surface area contributed by atoms with E-state index in [-0.39, 0.29) is 42.7 Å². The van der Waals surface area contributed by atoms with Crippen LogP contribution in [-0.2, 0) is 55.2 Å². The summed E-state index contributed by atoms with van der Waals surface area (Å²) in [7, 11) is -3.94. The highest BCUT2D eigenvalue weighted by Gasteiger charge is 2.35. The molecule has 5 rings (SSSR count). The summed E-state index contributed by atoms with van der Waals surface area (Å²) in [5.41, 5.74) is 3.29. The number of anilines is 1. The number of amides is 2. The molecular formula is C41H48F3N8O16PS2. The normalized spacial score (nSPS) is 12.8. The standard InChI is InChI=1S/C25H25F3N2O6.C11H11N5O6S2.C5H12NO4P/c1-5-16-6-7-17(20(12-16)36-15(2)23(32)34-4)14-35-19-10-8-18(9-11-19)30-22(31)13-21(25(26,27)28)29(3)24(30)33;1-5-12-9(15-11(13-5)22-2)14-10(19)16-24(20,21)6-3-4-23-7(6)8(17)18;1-11(9,10)3-2-4(6)5(7)8/h6-13,15H,5,14H2,1-4H3;3-4H,1-2H3,(H,17,18)(H2,12,13,14,15,16,19);4H,2-3,6H2,1H3,(H,7,8)(H,9,10). The molecule has 3 heterocycles. The molecule has 3 atom stereocenters. The average molecular weight is 1060 g/mol. The summed E-state index contributed by atoms with van der Waals surface area (Å²) in [4.78, 5) is 88.6. The molecule has 3 aromatic heterocycles. The molecular weight excluding hydrogens is 1010 g/mol. The summed E-state index contributed by atoms with van der Waals surface area (Å²) in [5, 5.41) is 20.6. The quantitative estimate of drug-likeness (QED) is 0.0570. The molecule has 0 aliphatic rings.